The van der Waals surface area contributed by atoms with Crippen molar-refractivity contribution in [2.75, 3.05) is 5.32 Å². The third-order valence-electron chi connectivity index (χ3n) is 13.3. The van der Waals surface area contributed by atoms with E-state index in [1.54, 1.807) is 30.3 Å². The number of hydrogen-bond acceptors (Lipinski definition) is 5. The highest BCUT2D eigenvalue weighted by Gasteiger charge is 2.77. The van der Waals surface area contributed by atoms with Crippen LogP contribution in [0.3, 0.4) is 0 Å². The molecule has 4 aliphatic rings. The summed E-state index contributed by atoms with van der Waals surface area (Å²) in [6.07, 6.45) is 3.29. The van der Waals surface area contributed by atoms with Crippen LogP contribution >= 0.6 is 34.2 Å². The van der Waals surface area contributed by atoms with Crippen LogP contribution in [0.15, 0.2) is 97.1 Å². The summed E-state index contributed by atoms with van der Waals surface area (Å²) in [5.41, 5.74) is 0.374. The van der Waals surface area contributed by atoms with E-state index in [-0.39, 0.29) is 28.8 Å². The zero-order valence-electron chi connectivity index (χ0n) is 31.2. The third-order valence-corrected chi connectivity index (χ3v) is 14.3. The Bertz CT molecular complexity index is 2070. The minimum absolute atomic E-state index is 0.0670. The summed E-state index contributed by atoms with van der Waals surface area (Å²) >= 11 is 8.60. The van der Waals surface area contributed by atoms with Crippen molar-refractivity contribution in [1.29, 1.82) is 0 Å². The molecule has 2 aliphatic heterocycles. The van der Waals surface area contributed by atoms with Crippen molar-refractivity contribution < 1.29 is 24.2 Å². The maximum atomic E-state index is 17.2. The average Bonchev–Trinajstić information content (AvgIpc) is 3.60. The summed E-state index contributed by atoms with van der Waals surface area (Å²) in [5, 5.41) is 30.3. The average molecular weight is 876 g/mol. The van der Waals surface area contributed by atoms with Gasteiger partial charge in [0.1, 0.15) is 11.2 Å². The lowest BCUT2D eigenvalue weighted by atomic mass is 9.53. The fourth-order valence-electron chi connectivity index (χ4n) is 10.6. The lowest BCUT2D eigenvalue weighted by Crippen LogP contribution is -2.64. The first-order valence-electron chi connectivity index (χ1n) is 19.5. The zero-order chi connectivity index (χ0) is 38.7. The van der Waals surface area contributed by atoms with E-state index >= 15 is 14.0 Å². The Labute approximate surface area is 341 Å². The van der Waals surface area contributed by atoms with E-state index in [9.17, 15) is 10.2 Å². The molecule has 5 atom stereocenters. The minimum atomic E-state index is -1.47. The van der Waals surface area contributed by atoms with Gasteiger partial charge >= 0.3 is 0 Å². The number of benzene rings is 4. The number of carbonyl (C=O) groups excluding carboxylic acids is 2. The first-order valence-corrected chi connectivity index (χ1v) is 20.9. The Kier molecular flexibility index (Phi) is 10.4. The van der Waals surface area contributed by atoms with Gasteiger partial charge in [0.15, 0.2) is 0 Å². The van der Waals surface area contributed by atoms with Crippen molar-refractivity contribution in [3.05, 3.63) is 134 Å². The van der Waals surface area contributed by atoms with Gasteiger partial charge in [-0.3, -0.25) is 14.5 Å². The Morgan fingerprint density at radius 1 is 0.909 bits per heavy atom. The molecule has 4 aromatic rings. The Morgan fingerprint density at radius 3 is 2.20 bits per heavy atom. The van der Waals surface area contributed by atoms with Crippen LogP contribution in [0.25, 0.3) is 0 Å². The van der Waals surface area contributed by atoms with Crippen molar-refractivity contribution in [3.8, 4) is 0 Å². The Morgan fingerprint density at radius 2 is 1.55 bits per heavy atom. The molecule has 4 N–H and O–H groups in total. The van der Waals surface area contributed by atoms with Crippen LogP contribution in [-0.2, 0) is 15.0 Å². The molecular weight excluding hydrogens is 828 g/mol. The van der Waals surface area contributed by atoms with Crippen LogP contribution in [0, 0.1) is 14.8 Å². The van der Waals surface area contributed by atoms with Crippen LogP contribution in [0.2, 0.25) is 5.02 Å². The van der Waals surface area contributed by atoms with E-state index in [1.807, 2.05) is 89.3 Å². The second kappa shape index (κ2) is 14.9. The summed E-state index contributed by atoms with van der Waals surface area (Å²) in [6, 6.07) is 27.7. The second-order valence-corrected chi connectivity index (χ2v) is 18.4. The number of fused-ring (bicyclic) bond motifs is 3. The van der Waals surface area contributed by atoms with Crippen molar-refractivity contribution in [1.82, 2.24) is 10.2 Å². The second-order valence-electron chi connectivity index (χ2n) is 16.8. The first kappa shape index (κ1) is 38.5. The van der Waals surface area contributed by atoms with E-state index in [0.29, 0.717) is 63.9 Å². The summed E-state index contributed by atoms with van der Waals surface area (Å²) in [6.45, 7) is 4.47. The first-order chi connectivity index (χ1) is 26.4. The van der Waals surface area contributed by atoms with E-state index in [0.717, 1.165) is 18.4 Å². The number of aliphatic hydroxyl groups is 2. The molecule has 0 aromatic heterocycles. The number of carbonyl (C=O) groups is 2. The molecule has 2 heterocycles. The summed E-state index contributed by atoms with van der Waals surface area (Å²) in [4.78, 5) is 33.4. The van der Waals surface area contributed by atoms with Gasteiger partial charge in [-0.25, -0.2) is 4.39 Å². The number of aliphatic hydroxyl groups excluding tert-OH is 2. The molecule has 2 spiro atoms. The summed E-state index contributed by atoms with van der Waals surface area (Å²) in [5.74, 6) is -2.08. The smallest absolute Gasteiger partial charge is 0.238 e. The highest BCUT2D eigenvalue weighted by molar-refractivity contribution is 14.1. The van der Waals surface area contributed by atoms with E-state index < -0.39 is 47.0 Å². The van der Waals surface area contributed by atoms with Crippen LogP contribution < -0.4 is 10.6 Å². The summed E-state index contributed by atoms with van der Waals surface area (Å²) in [7, 11) is 0. The zero-order valence-corrected chi connectivity index (χ0v) is 34.1. The number of amides is 2. The number of nitrogens with zero attached hydrogens (tertiary/aromatic N) is 1. The Balaban J connectivity index is 1.47. The number of nitrogens with one attached hydrogen (secondary N) is 2. The monoisotopic (exact) mass is 875 g/mol. The molecule has 7 nitrogen and oxygen atoms in total. The van der Waals surface area contributed by atoms with Crippen molar-refractivity contribution in [3.63, 3.8) is 0 Å². The molecule has 2 amide bonds. The number of rotatable bonds is 7. The molecule has 0 radical (unpaired) electrons. The molecule has 1 unspecified atom stereocenters. The molecule has 55 heavy (non-hydrogen) atoms. The molecule has 4 aromatic carbocycles. The van der Waals surface area contributed by atoms with Crippen LogP contribution in [0.4, 0.5) is 10.1 Å². The fraction of sp³-hybridized carbons (Fsp3) is 0.422. The van der Waals surface area contributed by atoms with Gasteiger partial charge in [-0.15, -0.1) is 0 Å². The van der Waals surface area contributed by atoms with Crippen LogP contribution in [0.1, 0.15) is 106 Å². The van der Waals surface area contributed by atoms with Gasteiger partial charge in [-0.05, 0) is 120 Å². The summed E-state index contributed by atoms with van der Waals surface area (Å²) < 4.78 is 17.6. The number of hydrogen-bond donors (Lipinski definition) is 4. The Hall–Kier alpha value is -3.35. The van der Waals surface area contributed by atoms with E-state index in [2.05, 4.69) is 29.4 Å². The predicted octanol–water partition coefficient (Wildman–Crippen LogP) is 8.98. The van der Waals surface area contributed by atoms with Crippen molar-refractivity contribution in [2.45, 2.75) is 112 Å². The SMILES string of the molecule is CC1(C)CCC2(CC1)N([C@H](c1ccccc1)[C@@H](O)c1ccccc1)[C@@H](C(=O)N[C@H]1CC[C@H](O)CC1)[C@H](c1cccc(I)c1F)C21C(=O)Nc2cc(Cl)ccc21. The van der Waals surface area contributed by atoms with Gasteiger partial charge in [0.25, 0.3) is 0 Å². The molecule has 2 aliphatic carbocycles. The normalized spacial score (nSPS) is 28.1. The van der Waals surface area contributed by atoms with Gasteiger partial charge in [0.05, 0.1) is 24.3 Å². The van der Waals surface area contributed by atoms with Gasteiger partial charge in [0.2, 0.25) is 11.8 Å². The van der Waals surface area contributed by atoms with E-state index in [4.69, 9.17) is 11.6 Å². The van der Waals surface area contributed by atoms with Gasteiger partial charge in [-0.2, -0.15) is 0 Å². The standard InChI is InChI=1S/C45H48ClFIN3O4/c1-43(2)22-24-44(25-23-43)45(33-21-16-29(46)26-35(33)50-42(45)55)36(32-14-9-15-34(48)37(32)47)39(41(54)49-30-17-19-31(52)20-18-30)51(44)38(27-10-5-3-6-11-27)40(53)28-12-7-4-8-13-28/h3-16,21,26,30-31,36,38-40,52-53H,17-20,22-25H2,1-2H3,(H,49,54)(H,50,55)/t30-,31-,36-,38+,39+,40-,45?/m0/s1. The predicted molar refractivity (Wildman–Crippen MR) is 221 cm³/mol. The molecule has 0 bridgehead atoms. The number of anilines is 1. The quantitative estimate of drug-likeness (QED) is 0.139. The molecule has 2 saturated carbocycles. The topological polar surface area (TPSA) is 102 Å². The lowest BCUT2D eigenvalue weighted by Gasteiger charge is -2.56. The number of halogens is 3. The minimum Gasteiger partial charge on any atom is -0.393 e. The molecule has 10 heteroatoms. The molecule has 3 fully saturated rings. The third kappa shape index (κ3) is 6.42. The maximum Gasteiger partial charge on any atom is 0.238 e. The van der Waals surface area contributed by atoms with Gasteiger partial charge in [0, 0.05) is 31.8 Å². The molecule has 1 saturated heterocycles. The fourth-order valence-corrected chi connectivity index (χ4v) is 11.3. The molecule has 288 valence electrons. The van der Waals surface area contributed by atoms with Crippen LogP contribution in [0.5, 0.6) is 0 Å². The lowest BCUT2D eigenvalue weighted by molar-refractivity contribution is -0.137. The highest BCUT2D eigenvalue weighted by atomic mass is 127. The van der Waals surface area contributed by atoms with Gasteiger partial charge < -0.3 is 20.8 Å². The van der Waals surface area contributed by atoms with Crippen LogP contribution in [-0.4, -0.2) is 50.7 Å². The largest absolute Gasteiger partial charge is 0.393 e. The van der Waals surface area contributed by atoms with E-state index in [1.165, 1.54) is 0 Å². The van der Waals surface area contributed by atoms with Crippen molar-refractivity contribution >= 4 is 51.7 Å². The maximum absolute atomic E-state index is 17.2. The highest BCUT2D eigenvalue weighted by Crippen LogP contribution is 2.69. The number of likely N-dealkylation sites (tertiary alicyclic amines) is 1. The van der Waals surface area contributed by atoms with Crippen molar-refractivity contribution in [2.24, 2.45) is 5.41 Å². The van der Waals surface area contributed by atoms with Gasteiger partial charge in [-0.1, -0.05) is 104 Å². The molecule has 8 rings (SSSR count). The molecular formula is C45H48ClFIN3O4.